The Morgan fingerprint density at radius 3 is 2.64 bits per heavy atom. The fraction of sp³-hybridized carbons (Fsp3) is 0.875. The first-order chi connectivity index (χ1) is 5.16. The average molecular weight is 157 g/mol. The van der Waals surface area contributed by atoms with Crippen LogP contribution >= 0.6 is 0 Å². The zero-order chi connectivity index (χ0) is 8.69. The van der Waals surface area contributed by atoms with Crippen LogP contribution in [0.1, 0.15) is 13.8 Å². The molecule has 0 rings (SSSR count). The fourth-order valence-corrected chi connectivity index (χ4v) is 0.872. The summed E-state index contributed by atoms with van der Waals surface area (Å²) in [5.74, 6) is 0. The molecule has 3 heteroatoms. The summed E-state index contributed by atoms with van der Waals surface area (Å²) in [6.07, 6.45) is 1.79. The number of hydrogen-bond donors (Lipinski definition) is 1. The number of nitrogens with one attached hydrogen (secondary N) is 1. The lowest BCUT2D eigenvalue weighted by Crippen LogP contribution is -2.34. The van der Waals surface area contributed by atoms with Crippen molar-refractivity contribution in [2.75, 3.05) is 27.2 Å². The first-order valence-electron chi connectivity index (χ1n) is 4.06. The Hall–Kier alpha value is -0.570. The van der Waals surface area contributed by atoms with Gasteiger partial charge < -0.3 is 10.2 Å². The Labute approximate surface area is 69.5 Å². The molecule has 0 aromatic rings. The molecule has 0 saturated carbocycles. The molecular formula is C8H19N3. The number of likely N-dealkylation sites (N-methyl/N-ethyl adjacent to an activating group) is 1. The molecule has 3 nitrogen and oxygen atoms in total. The maximum absolute atomic E-state index is 4.06. The number of nitrogens with zero attached hydrogens (tertiary/aromatic N) is 2. The van der Waals surface area contributed by atoms with Crippen LogP contribution in [0, 0.1) is 0 Å². The average Bonchev–Trinajstić information content (AvgIpc) is 1.86. The zero-order valence-corrected chi connectivity index (χ0v) is 7.96. The van der Waals surface area contributed by atoms with E-state index in [2.05, 4.69) is 36.2 Å². The third kappa shape index (κ3) is 7.33. The van der Waals surface area contributed by atoms with Gasteiger partial charge in [-0.05, 0) is 27.9 Å². The second-order valence-electron chi connectivity index (χ2n) is 2.96. The molecule has 0 spiro atoms. The normalized spacial score (nSPS) is 14.3. The lowest BCUT2D eigenvalue weighted by Gasteiger charge is -2.16. The highest BCUT2D eigenvalue weighted by atomic mass is 15.1. The lowest BCUT2D eigenvalue weighted by atomic mass is 10.3. The van der Waals surface area contributed by atoms with E-state index in [4.69, 9.17) is 0 Å². The summed E-state index contributed by atoms with van der Waals surface area (Å²) in [5, 5.41) is 3.18. The number of hydrogen-bond acceptors (Lipinski definition) is 2. The highest BCUT2D eigenvalue weighted by Gasteiger charge is 1.98. The summed E-state index contributed by atoms with van der Waals surface area (Å²) < 4.78 is 0. The molecule has 0 aromatic carbocycles. The maximum Gasteiger partial charge on any atom is 0.0826 e. The molecule has 0 aliphatic rings. The minimum Gasteiger partial charge on any atom is -0.373 e. The minimum absolute atomic E-state index is 0.472. The molecule has 0 saturated heterocycles. The summed E-state index contributed by atoms with van der Waals surface area (Å²) in [7, 11) is 4.13. The van der Waals surface area contributed by atoms with Crippen molar-refractivity contribution in [1.29, 1.82) is 0 Å². The van der Waals surface area contributed by atoms with Crippen molar-refractivity contribution < 1.29 is 0 Å². The van der Waals surface area contributed by atoms with Crippen LogP contribution in [0.4, 0.5) is 0 Å². The monoisotopic (exact) mass is 157 g/mol. The smallest absolute Gasteiger partial charge is 0.0826 e. The molecule has 0 aromatic heterocycles. The van der Waals surface area contributed by atoms with E-state index in [0.29, 0.717) is 6.04 Å². The maximum atomic E-state index is 4.06. The Morgan fingerprint density at radius 2 is 2.18 bits per heavy atom. The van der Waals surface area contributed by atoms with Gasteiger partial charge >= 0.3 is 0 Å². The highest BCUT2D eigenvalue weighted by Crippen LogP contribution is 1.82. The summed E-state index contributed by atoms with van der Waals surface area (Å²) in [4.78, 5) is 6.21. The van der Waals surface area contributed by atoms with Crippen LogP contribution in [0.3, 0.4) is 0 Å². The van der Waals surface area contributed by atoms with Gasteiger partial charge in [-0.3, -0.25) is 4.99 Å². The second kappa shape index (κ2) is 6.16. The van der Waals surface area contributed by atoms with Gasteiger partial charge in [0.15, 0.2) is 0 Å². The van der Waals surface area contributed by atoms with Crippen LogP contribution in [0.25, 0.3) is 0 Å². The Balaban J connectivity index is 3.36. The van der Waals surface area contributed by atoms with Gasteiger partial charge in [0.2, 0.25) is 0 Å². The van der Waals surface area contributed by atoms with Crippen molar-refractivity contribution >= 4 is 6.34 Å². The minimum atomic E-state index is 0.472. The van der Waals surface area contributed by atoms with Crippen molar-refractivity contribution in [3.8, 4) is 0 Å². The fourth-order valence-electron chi connectivity index (χ4n) is 0.872. The molecule has 1 atom stereocenters. The highest BCUT2D eigenvalue weighted by molar-refractivity contribution is 5.54. The van der Waals surface area contributed by atoms with E-state index in [-0.39, 0.29) is 0 Å². The van der Waals surface area contributed by atoms with Gasteiger partial charge in [0.05, 0.1) is 6.34 Å². The summed E-state index contributed by atoms with van der Waals surface area (Å²) in [5.41, 5.74) is 0. The van der Waals surface area contributed by atoms with Gasteiger partial charge in [-0.15, -0.1) is 0 Å². The first-order valence-corrected chi connectivity index (χ1v) is 4.06. The molecule has 1 N–H and O–H groups in total. The largest absolute Gasteiger partial charge is 0.373 e. The van der Waals surface area contributed by atoms with E-state index in [1.54, 1.807) is 6.34 Å². The topological polar surface area (TPSA) is 27.6 Å². The third-order valence-electron chi connectivity index (χ3n) is 1.27. The van der Waals surface area contributed by atoms with Crippen molar-refractivity contribution in [2.45, 2.75) is 19.9 Å². The summed E-state index contributed by atoms with van der Waals surface area (Å²) in [6, 6.07) is 0.472. The van der Waals surface area contributed by atoms with Crippen LogP contribution in [0.15, 0.2) is 4.99 Å². The molecule has 0 amide bonds. The first kappa shape index (κ1) is 10.4. The van der Waals surface area contributed by atoms with Crippen molar-refractivity contribution in [3.05, 3.63) is 0 Å². The van der Waals surface area contributed by atoms with Gasteiger partial charge in [0.25, 0.3) is 0 Å². The molecule has 11 heavy (non-hydrogen) atoms. The second-order valence-corrected chi connectivity index (χ2v) is 2.96. The molecule has 0 aliphatic carbocycles. The van der Waals surface area contributed by atoms with E-state index in [0.717, 1.165) is 13.1 Å². The predicted octanol–water partition coefficient (Wildman–Crippen LogP) is 0.574. The molecule has 1 unspecified atom stereocenters. The van der Waals surface area contributed by atoms with Crippen LogP contribution in [0.5, 0.6) is 0 Å². The van der Waals surface area contributed by atoms with Gasteiger partial charge in [-0.25, -0.2) is 0 Å². The van der Waals surface area contributed by atoms with E-state index in [1.807, 2.05) is 6.92 Å². The van der Waals surface area contributed by atoms with E-state index < -0.39 is 0 Å². The van der Waals surface area contributed by atoms with Gasteiger partial charge in [0.1, 0.15) is 0 Å². The van der Waals surface area contributed by atoms with Crippen molar-refractivity contribution in [3.63, 3.8) is 0 Å². The molecule has 0 aliphatic heterocycles. The summed E-state index contributed by atoms with van der Waals surface area (Å²) >= 11 is 0. The van der Waals surface area contributed by atoms with E-state index >= 15 is 0 Å². The number of aliphatic imine (C=N–C) groups is 1. The molecule has 0 heterocycles. The van der Waals surface area contributed by atoms with E-state index in [1.165, 1.54) is 0 Å². The van der Waals surface area contributed by atoms with E-state index in [9.17, 15) is 0 Å². The Morgan fingerprint density at radius 1 is 1.55 bits per heavy atom. The van der Waals surface area contributed by atoms with Gasteiger partial charge in [0, 0.05) is 19.1 Å². The molecule has 0 radical (unpaired) electrons. The Kier molecular flexibility index (Phi) is 5.84. The lowest BCUT2D eigenvalue weighted by molar-refractivity contribution is 0.371. The van der Waals surface area contributed by atoms with Crippen LogP contribution in [0.2, 0.25) is 0 Å². The van der Waals surface area contributed by atoms with Crippen LogP contribution < -0.4 is 5.32 Å². The number of rotatable bonds is 5. The molecule has 66 valence electrons. The van der Waals surface area contributed by atoms with Crippen molar-refractivity contribution in [1.82, 2.24) is 10.2 Å². The van der Waals surface area contributed by atoms with Crippen molar-refractivity contribution in [2.24, 2.45) is 4.99 Å². The van der Waals surface area contributed by atoms with Gasteiger partial charge in [-0.1, -0.05) is 0 Å². The SMILES string of the molecule is CCN=CNC(C)CN(C)C. The predicted molar refractivity (Wildman–Crippen MR) is 50.2 cm³/mol. The zero-order valence-electron chi connectivity index (χ0n) is 7.96. The summed E-state index contributed by atoms with van der Waals surface area (Å²) in [6.45, 7) is 6.05. The van der Waals surface area contributed by atoms with Crippen LogP contribution in [-0.4, -0.2) is 44.5 Å². The van der Waals surface area contributed by atoms with Crippen LogP contribution in [-0.2, 0) is 0 Å². The van der Waals surface area contributed by atoms with Gasteiger partial charge in [-0.2, -0.15) is 0 Å². The standard InChI is InChI=1S/C8H19N3/c1-5-9-7-10-8(2)6-11(3)4/h7-8H,5-6H2,1-4H3,(H,9,10). The molecule has 0 bridgehead atoms. The molecular weight excluding hydrogens is 138 g/mol. The Bertz CT molecular complexity index is 110. The quantitative estimate of drug-likeness (QED) is 0.467. The molecule has 0 fully saturated rings. The third-order valence-corrected chi connectivity index (χ3v) is 1.27.